The number of amides is 1. The van der Waals surface area contributed by atoms with Gasteiger partial charge in [0.25, 0.3) is 5.91 Å². The van der Waals surface area contributed by atoms with E-state index in [-0.39, 0.29) is 18.4 Å². The second kappa shape index (κ2) is 7.55. The molecule has 2 unspecified atom stereocenters. The van der Waals surface area contributed by atoms with E-state index in [1.807, 2.05) is 36.7 Å². The van der Waals surface area contributed by atoms with Gasteiger partial charge in [0.1, 0.15) is 5.54 Å². The molecule has 0 saturated carbocycles. The number of rotatable bonds is 8. The van der Waals surface area contributed by atoms with Gasteiger partial charge in [-0.15, -0.1) is 0 Å². The maximum atomic E-state index is 12.3. The van der Waals surface area contributed by atoms with Gasteiger partial charge in [0.05, 0.1) is 5.69 Å². The van der Waals surface area contributed by atoms with Crippen molar-refractivity contribution in [3.05, 3.63) is 29.6 Å². The first-order chi connectivity index (χ1) is 11.0. The van der Waals surface area contributed by atoms with E-state index in [0.29, 0.717) is 12.2 Å². The Morgan fingerprint density at radius 1 is 1.52 bits per heavy atom. The number of carbonyl (C=O) groups is 1. The minimum absolute atomic E-state index is 0.0282. The number of aliphatic imine (C=N–C) groups is 1. The standard InChI is InChI=1S/C17H26N4O2/c1-4-5-9-21-15(17(3)7-6-8-19-17)10-14(20-21)16(23)18-11-13(2)12-22/h6-8,10,13,22H,4-5,9,11-12H2,1-3H3,(H,18,23). The molecule has 1 aliphatic rings. The topological polar surface area (TPSA) is 79.5 Å². The first kappa shape index (κ1) is 17.4. The van der Waals surface area contributed by atoms with Crippen molar-refractivity contribution in [1.82, 2.24) is 15.1 Å². The van der Waals surface area contributed by atoms with Crippen LogP contribution in [0, 0.1) is 5.92 Å². The number of nitrogens with zero attached hydrogens (tertiary/aromatic N) is 3. The first-order valence-corrected chi connectivity index (χ1v) is 8.20. The molecule has 0 aliphatic carbocycles. The predicted molar refractivity (Wildman–Crippen MR) is 90.7 cm³/mol. The fraction of sp³-hybridized carbons (Fsp3) is 0.588. The Morgan fingerprint density at radius 2 is 2.30 bits per heavy atom. The number of hydrogen-bond donors (Lipinski definition) is 2. The van der Waals surface area contributed by atoms with Crippen LogP contribution in [0.15, 0.2) is 23.2 Å². The van der Waals surface area contributed by atoms with Gasteiger partial charge in [0.15, 0.2) is 5.69 Å². The van der Waals surface area contributed by atoms with Crippen LogP contribution < -0.4 is 5.32 Å². The summed E-state index contributed by atoms with van der Waals surface area (Å²) in [5.74, 6) is -0.183. The van der Waals surface area contributed by atoms with E-state index in [4.69, 9.17) is 5.11 Å². The summed E-state index contributed by atoms with van der Waals surface area (Å²) in [6.45, 7) is 7.27. The molecule has 1 aliphatic heterocycles. The molecular formula is C17H26N4O2. The van der Waals surface area contributed by atoms with E-state index < -0.39 is 5.54 Å². The highest BCUT2D eigenvalue weighted by Crippen LogP contribution is 2.30. The van der Waals surface area contributed by atoms with Crippen molar-refractivity contribution < 1.29 is 9.90 Å². The smallest absolute Gasteiger partial charge is 0.271 e. The second-order valence-electron chi connectivity index (χ2n) is 6.27. The summed E-state index contributed by atoms with van der Waals surface area (Å²) in [6.07, 6.45) is 7.77. The quantitative estimate of drug-likeness (QED) is 0.768. The zero-order valence-electron chi connectivity index (χ0n) is 14.1. The van der Waals surface area contributed by atoms with Crippen LogP contribution in [0.25, 0.3) is 0 Å². The molecule has 0 fully saturated rings. The third-order valence-electron chi connectivity index (χ3n) is 4.03. The maximum Gasteiger partial charge on any atom is 0.271 e. The van der Waals surface area contributed by atoms with Crippen molar-refractivity contribution >= 4 is 12.1 Å². The van der Waals surface area contributed by atoms with Gasteiger partial charge in [-0.1, -0.05) is 20.3 Å². The maximum absolute atomic E-state index is 12.3. The molecule has 1 aromatic heterocycles. The van der Waals surface area contributed by atoms with Gasteiger partial charge in [-0.25, -0.2) is 0 Å². The molecule has 2 N–H and O–H groups in total. The molecule has 0 bridgehead atoms. The molecule has 126 valence electrons. The lowest BCUT2D eigenvalue weighted by Crippen LogP contribution is -2.29. The van der Waals surface area contributed by atoms with Gasteiger partial charge < -0.3 is 10.4 Å². The summed E-state index contributed by atoms with van der Waals surface area (Å²) in [6, 6.07) is 1.82. The summed E-state index contributed by atoms with van der Waals surface area (Å²) in [7, 11) is 0. The van der Waals surface area contributed by atoms with Crippen molar-refractivity contribution in [2.24, 2.45) is 10.9 Å². The van der Waals surface area contributed by atoms with Crippen molar-refractivity contribution in [2.75, 3.05) is 13.2 Å². The lowest BCUT2D eigenvalue weighted by molar-refractivity contribution is 0.0936. The number of aliphatic hydroxyl groups excluding tert-OH is 1. The van der Waals surface area contributed by atoms with Crippen LogP contribution >= 0.6 is 0 Å². The number of aliphatic hydroxyl groups is 1. The van der Waals surface area contributed by atoms with Crippen molar-refractivity contribution in [1.29, 1.82) is 0 Å². The fourth-order valence-electron chi connectivity index (χ4n) is 2.46. The Bertz CT molecular complexity index is 592. The Labute approximate surface area is 137 Å². The Balaban J connectivity index is 2.21. The number of aryl methyl sites for hydroxylation is 1. The molecule has 6 nitrogen and oxygen atoms in total. The molecule has 1 aromatic rings. The monoisotopic (exact) mass is 318 g/mol. The van der Waals surface area contributed by atoms with E-state index in [0.717, 1.165) is 25.1 Å². The van der Waals surface area contributed by atoms with Gasteiger partial charge >= 0.3 is 0 Å². The van der Waals surface area contributed by atoms with Gasteiger partial charge in [0, 0.05) is 25.9 Å². The highest BCUT2D eigenvalue weighted by Gasteiger charge is 2.30. The Kier molecular flexibility index (Phi) is 5.71. The van der Waals surface area contributed by atoms with Crippen LogP contribution in [-0.4, -0.2) is 40.2 Å². The summed E-state index contributed by atoms with van der Waals surface area (Å²) in [5.41, 5.74) is 0.867. The van der Waals surface area contributed by atoms with Crippen LogP contribution in [0.3, 0.4) is 0 Å². The van der Waals surface area contributed by atoms with Gasteiger partial charge in [0.2, 0.25) is 0 Å². The third kappa shape index (κ3) is 4.07. The molecule has 2 heterocycles. The average Bonchev–Trinajstić information content (AvgIpc) is 3.17. The first-order valence-electron chi connectivity index (χ1n) is 8.20. The normalized spacial score (nSPS) is 20.9. The number of aromatic nitrogens is 2. The summed E-state index contributed by atoms with van der Waals surface area (Å²) in [5, 5.41) is 16.3. The predicted octanol–water partition coefficient (Wildman–Crippen LogP) is 1.90. The molecule has 1 amide bonds. The summed E-state index contributed by atoms with van der Waals surface area (Å²) >= 11 is 0. The minimum atomic E-state index is -0.461. The van der Waals surface area contributed by atoms with Crippen LogP contribution in [0.1, 0.15) is 49.8 Å². The number of hydrogen-bond acceptors (Lipinski definition) is 4. The molecule has 2 atom stereocenters. The second-order valence-corrected chi connectivity index (χ2v) is 6.27. The Morgan fingerprint density at radius 3 is 2.91 bits per heavy atom. The van der Waals surface area contributed by atoms with Gasteiger partial charge in [-0.05, 0) is 37.5 Å². The molecule has 0 saturated heterocycles. The van der Waals surface area contributed by atoms with Gasteiger partial charge in [-0.2, -0.15) is 5.10 Å². The van der Waals surface area contributed by atoms with Crippen molar-refractivity contribution in [3.63, 3.8) is 0 Å². The zero-order chi connectivity index (χ0) is 16.9. The van der Waals surface area contributed by atoms with Crippen molar-refractivity contribution in [2.45, 2.75) is 45.7 Å². The summed E-state index contributed by atoms with van der Waals surface area (Å²) in [4.78, 5) is 16.8. The number of carbonyl (C=O) groups excluding carboxylic acids is 1. The zero-order valence-corrected chi connectivity index (χ0v) is 14.1. The van der Waals surface area contributed by atoms with Crippen LogP contribution in [0.2, 0.25) is 0 Å². The molecule has 2 rings (SSSR count). The molecular weight excluding hydrogens is 292 g/mol. The average molecular weight is 318 g/mol. The van der Waals surface area contributed by atoms with Crippen LogP contribution in [0.5, 0.6) is 0 Å². The minimum Gasteiger partial charge on any atom is -0.396 e. The molecule has 23 heavy (non-hydrogen) atoms. The van der Waals surface area contributed by atoms with E-state index in [1.165, 1.54) is 0 Å². The number of unbranched alkanes of at least 4 members (excludes halogenated alkanes) is 1. The largest absolute Gasteiger partial charge is 0.396 e. The highest BCUT2D eigenvalue weighted by atomic mass is 16.3. The molecule has 0 spiro atoms. The number of nitrogens with one attached hydrogen (secondary N) is 1. The lowest BCUT2D eigenvalue weighted by atomic mass is 9.99. The number of allylic oxidation sites excluding steroid dienone is 1. The molecule has 0 aromatic carbocycles. The van der Waals surface area contributed by atoms with Gasteiger partial charge in [-0.3, -0.25) is 14.5 Å². The van der Waals surface area contributed by atoms with Crippen molar-refractivity contribution in [3.8, 4) is 0 Å². The third-order valence-corrected chi connectivity index (χ3v) is 4.03. The highest BCUT2D eigenvalue weighted by molar-refractivity contribution is 5.92. The molecule has 6 heteroatoms. The van der Waals surface area contributed by atoms with Crippen LogP contribution in [0.4, 0.5) is 0 Å². The Hall–Kier alpha value is -1.95. The molecule has 0 radical (unpaired) electrons. The lowest BCUT2D eigenvalue weighted by Gasteiger charge is -2.19. The SMILES string of the molecule is CCCCn1nc(C(=O)NCC(C)CO)cc1C1(C)C=CC=N1. The van der Waals surface area contributed by atoms with E-state index in [2.05, 4.69) is 22.3 Å². The van der Waals surface area contributed by atoms with Crippen LogP contribution in [-0.2, 0) is 12.1 Å². The fourth-order valence-corrected chi connectivity index (χ4v) is 2.46. The van der Waals surface area contributed by atoms with E-state index in [1.54, 1.807) is 6.21 Å². The van der Waals surface area contributed by atoms with E-state index in [9.17, 15) is 4.79 Å². The van der Waals surface area contributed by atoms with E-state index >= 15 is 0 Å². The summed E-state index contributed by atoms with van der Waals surface area (Å²) < 4.78 is 1.89.